The van der Waals surface area contributed by atoms with Crippen molar-refractivity contribution in [3.8, 4) is 5.75 Å². The van der Waals surface area contributed by atoms with Crippen LogP contribution in [0.3, 0.4) is 0 Å². The molecule has 0 spiro atoms. The minimum atomic E-state index is -0.539. The van der Waals surface area contributed by atoms with Crippen LogP contribution in [0, 0.1) is 0 Å². The second-order valence-corrected chi connectivity index (χ2v) is 4.91. The number of carbonyl (C=O) groups excluding carboxylic acids is 1. The fourth-order valence-corrected chi connectivity index (χ4v) is 2.05. The van der Waals surface area contributed by atoms with Crippen molar-refractivity contribution in [2.24, 2.45) is 10.7 Å². The number of phenols is 1. The molecule has 3 N–H and O–H groups in total. The SMILES string of the molecule is CC(=O)ON(Cc1ccccc1O)/C(N)=N/c1nccs1. The number of nitrogens with two attached hydrogens (primary N) is 1. The summed E-state index contributed by atoms with van der Waals surface area (Å²) >= 11 is 1.30. The van der Waals surface area contributed by atoms with Gasteiger partial charge in [0.1, 0.15) is 5.75 Å². The number of phenolic OH excluding ortho intramolecular Hbond substituents is 1. The first-order chi connectivity index (χ1) is 10.1. The summed E-state index contributed by atoms with van der Waals surface area (Å²) in [5.74, 6) is -0.484. The molecule has 0 fully saturated rings. The Hall–Kier alpha value is -2.61. The Kier molecular flexibility index (Phi) is 4.72. The highest BCUT2D eigenvalue weighted by molar-refractivity contribution is 7.13. The molecule has 0 unspecified atom stereocenters. The van der Waals surface area contributed by atoms with Crippen LogP contribution in [0.1, 0.15) is 12.5 Å². The Morgan fingerprint density at radius 2 is 2.29 bits per heavy atom. The lowest BCUT2D eigenvalue weighted by Crippen LogP contribution is -2.38. The Balaban J connectivity index is 2.22. The van der Waals surface area contributed by atoms with Crippen LogP contribution in [0.2, 0.25) is 0 Å². The first kappa shape index (κ1) is 14.8. The number of para-hydroxylation sites is 1. The molecule has 1 aromatic carbocycles. The number of rotatable bonds is 3. The van der Waals surface area contributed by atoms with E-state index in [9.17, 15) is 9.90 Å². The third-order valence-electron chi connectivity index (χ3n) is 2.43. The van der Waals surface area contributed by atoms with Gasteiger partial charge in [-0.25, -0.2) is 4.98 Å². The number of aromatic hydroxyl groups is 1. The van der Waals surface area contributed by atoms with Crippen molar-refractivity contribution in [2.45, 2.75) is 13.5 Å². The Morgan fingerprint density at radius 1 is 1.52 bits per heavy atom. The second-order valence-electron chi connectivity index (χ2n) is 4.03. The Morgan fingerprint density at radius 3 is 2.90 bits per heavy atom. The standard InChI is InChI=1S/C13H14N4O3S/c1-9(18)20-17(8-10-4-2-3-5-11(10)19)12(14)16-13-15-6-7-21-13/h2-7,19H,8H2,1H3,(H2,14,15,16). The molecule has 0 radical (unpaired) electrons. The third kappa shape index (κ3) is 4.18. The van der Waals surface area contributed by atoms with Gasteiger partial charge in [0, 0.05) is 24.1 Å². The molecule has 0 aliphatic rings. The zero-order valence-corrected chi connectivity index (χ0v) is 12.1. The van der Waals surface area contributed by atoms with Crippen LogP contribution >= 0.6 is 11.3 Å². The van der Waals surface area contributed by atoms with Crippen molar-refractivity contribution in [3.63, 3.8) is 0 Å². The van der Waals surface area contributed by atoms with E-state index in [4.69, 9.17) is 10.6 Å². The average Bonchev–Trinajstić information content (AvgIpc) is 2.92. The van der Waals surface area contributed by atoms with E-state index in [1.54, 1.807) is 29.8 Å². The van der Waals surface area contributed by atoms with Crippen LogP contribution < -0.4 is 5.73 Å². The molecule has 0 amide bonds. The molecule has 7 nitrogen and oxygen atoms in total. The van der Waals surface area contributed by atoms with Crippen LogP contribution in [-0.4, -0.2) is 27.1 Å². The van der Waals surface area contributed by atoms with Gasteiger partial charge >= 0.3 is 5.97 Å². The number of benzene rings is 1. The van der Waals surface area contributed by atoms with Crippen LogP contribution in [0.25, 0.3) is 0 Å². The molecule has 8 heteroatoms. The van der Waals surface area contributed by atoms with Crippen LogP contribution in [0.5, 0.6) is 5.75 Å². The molecule has 0 saturated heterocycles. The normalized spacial score (nSPS) is 11.2. The van der Waals surface area contributed by atoms with E-state index in [1.165, 1.54) is 24.3 Å². The largest absolute Gasteiger partial charge is 0.508 e. The highest BCUT2D eigenvalue weighted by atomic mass is 32.1. The highest BCUT2D eigenvalue weighted by Gasteiger charge is 2.15. The number of hydrogen-bond acceptors (Lipinski definition) is 6. The van der Waals surface area contributed by atoms with Crippen molar-refractivity contribution >= 4 is 28.4 Å². The zero-order valence-electron chi connectivity index (χ0n) is 11.3. The number of hydrogen-bond donors (Lipinski definition) is 2. The van der Waals surface area contributed by atoms with E-state index in [1.807, 2.05) is 0 Å². The number of aliphatic imine (C=N–C) groups is 1. The van der Waals surface area contributed by atoms with Crippen molar-refractivity contribution < 1.29 is 14.7 Å². The molecule has 0 saturated carbocycles. The first-order valence-corrected chi connectivity index (χ1v) is 6.91. The first-order valence-electron chi connectivity index (χ1n) is 6.03. The van der Waals surface area contributed by atoms with Gasteiger partial charge in [-0.05, 0) is 6.07 Å². The average molecular weight is 306 g/mol. The van der Waals surface area contributed by atoms with Crippen LogP contribution in [-0.2, 0) is 16.2 Å². The molecule has 21 heavy (non-hydrogen) atoms. The predicted molar refractivity (Wildman–Crippen MR) is 78.8 cm³/mol. The molecule has 0 atom stereocenters. The highest BCUT2D eigenvalue weighted by Crippen LogP contribution is 2.19. The van der Waals surface area contributed by atoms with Gasteiger partial charge in [-0.2, -0.15) is 10.1 Å². The van der Waals surface area contributed by atoms with Gasteiger partial charge in [0.25, 0.3) is 0 Å². The molecule has 0 aliphatic heterocycles. The molecule has 2 aromatic rings. The lowest BCUT2D eigenvalue weighted by molar-refractivity contribution is -0.172. The van der Waals surface area contributed by atoms with E-state index in [-0.39, 0.29) is 18.3 Å². The maximum Gasteiger partial charge on any atom is 0.329 e. The summed E-state index contributed by atoms with van der Waals surface area (Å²) in [6, 6.07) is 6.69. The fraction of sp³-hybridized carbons (Fsp3) is 0.154. The summed E-state index contributed by atoms with van der Waals surface area (Å²) in [4.78, 5) is 24.3. The van der Waals surface area contributed by atoms with E-state index in [2.05, 4.69) is 9.98 Å². The smallest absolute Gasteiger partial charge is 0.329 e. The Labute approximate surface area is 125 Å². The van der Waals surface area contributed by atoms with Crippen molar-refractivity contribution in [1.29, 1.82) is 0 Å². The van der Waals surface area contributed by atoms with E-state index in [0.29, 0.717) is 10.7 Å². The van der Waals surface area contributed by atoms with Gasteiger partial charge in [-0.3, -0.25) is 4.79 Å². The zero-order chi connectivity index (χ0) is 15.2. The number of guanidine groups is 1. The number of aromatic nitrogens is 1. The van der Waals surface area contributed by atoms with Crippen molar-refractivity contribution in [1.82, 2.24) is 10.0 Å². The van der Waals surface area contributed by atoms with E-state index in [0.717, 1.165) is 5.06 Å². The second kappa shape index (κ2) is 6.71. The van der Waals surface area contributed by atoms with Crippen molar-refractivity contribution in [3.05, 3.63) is 41.4 Å². The molecule has 0 bridgehead atoms. The summed E-state index contributed by atoms with van der Waals surface area (Å²) in [5.41, 5.74) is 6.39. The number of hydroxylamine groups is 2. The summed E-state index contributed by atoms with van der Waals surface area (Å²) in [5, 5.41) is 13.1. The maximum atomic E-state index is 11.2. The van der Waals surface area contributed by atoms with Gasteiger partial charge in [0.2, 0.25) is 11.1 Å². The topological polar surface area (TPSA) is 101 Å². The molecular weight excluding hydrogens is 292 g/mol. The van der Waals surface area contributed by atoms with Crippen molar-refractivity contribution in [2.75, 3.05) is 0 Å². The van der Waals surface area contributed by atoms with Gasteiger partial charge in [-0.15, -0.1) is 11.3 Å². The van der Waals surface area contributed by atoms with Gasteiger partial charge in [-0.1, -0.05) is 18.2 Å². The fourth-order valence-electron chi connectivity index (χ4n) is 1.54. The molecule has 110 valence electrons. The van der Waals surface area contributed by atoms with Crippen LogP contribution in [0.4, 0.5) is 5.13 Å². The van der Waals surface area contributed by atoms with E-state index < -0.39 is 5.97 Å². The summed E-state index contributed by atoms with van der Waals surface area (Å²) in [6.45, 7) is 1.33. The predicted octanol–water partition coefficient (Wildman–Crippen LogP) is 1.78. The summed E-state index contributed by atoms with van der Waals surface area (Å²) in [6.07, 6.45) is 1.59. The quantitative estimate of drug-likeness (QED) is 0.509. The molecule has 1 aromatic heterocycles. The Bertz CT molecular complexity index is 643. The summed E-state index contributed by atoms with van der Waals surface area (Å²) < 4.78 is 0. The van der Waals surface area contributed by atoms with Gasteiger partial charge in [0.15, 0.2) is 0 Å². The van der Waals surface area contributed by atoms with Gasteiger partial charge < -0.3 is 15.7 Å². The third-order valence-corrected chi connectivity index (χ3v) is 3.09. The minimum Gasteiger partial charge on any atom is -0.508 e. The lowest BCUT2D eigenvalue weighted by Gasteiger charge is -2.21. The molecule has 2 rings (SSSR count). The summed E-state index contributed by atoms with van der Waals surface area (Å²) in [7, 11) is 0. The molecule has 0 aliphatic carbocycles. The number of thiazole rings is 1. The van der Waals surface area contributed by atoms with E-state index >= 15 is 0 Å². The number of nitrogens with zero attached hydrogens (tertiary/aromatic N) is 3. The minimum absolute atomic E-state index is 0.0246. The molecular formula is C13H14N4O3S. The maximum absolute atomic E-state index is 11.2. The lowest BCUT2D eigenvalue weighted by atomic mass is 10.2. The monoisotopic (exact) mass is 306 g/mol. The number of carbonyl (C=O) groups is 1. The molecule has 1 heterocycles. The van der Waals surface area contributed by atoms with Gasteiger partial charge in [0.05, 0.1) is 6.54 Å². The van der Waals surface area contributed by atoms with Crippen LogP contribution in [0.15, 0.2) is 40.8 Å².